The Hall–Kier alpha value is -2.01. The zero-order valence-corrected chi connectivity index (χ0v) is 13.9. The van der Waals surface area contributed by atoms with Crippen LogP contribution in [0.2, 0.25) is 0 Å². The quantitative estimate of drug-likeness (QED) is 0.831. The maximum atomic E-state index is 9.77. The van der Waals surface area contributed by atoms with E-state index in [2.05, 4.69) is 25.5 Å². The molecule has 1 aromatic carbocycles. The summed E-state index contributed by atoms with van der Waals surface area (Å²) >= 11 is 0. The van der Waals surface area contributed by atoms with E-state index in [1.54, 1.807) is 21.0 Å². The minimum atomic E-state index is -0.872. The first-order chi connectivity index (χ1) is 10.2. The number of hydrogen-bond acceptors (Lipinski definition) is 4. The van der Waals surface area contributed by atoms with Gasteiger partial charge in [0, 0.05) is 17.5 Å². The van der Waals surface area contributed by atoms with Crippen molar-refractivity contribution in [2.45, 2.75) is 39.3 Å². The summed E-state index contributed by atoms with van der Waals surface area (Å²) in [5.74, 6) is 1.24. The van der Waals surface area contributed by atoms with Gasteiger partial charge in [-0.2, -0.15) is 5.10 Å². The van der Waals surface area contributed by atoms with Crippen molar-refractivity contribution in [3.63, 3.8) is 0 Å². The Labute approximate surface area is 131 Å². The molecule has 0 bridgehead atoms. The Balaban J connectivity index is 2.46. The van der Waals surface area contributed by atoms with Crippen molar-refractivity contribution in [2.24, 2.45) is 0 Å². The van der Waals surface area contributed by atoms with Crippen molar-refractivity contribution in [1.82, 2.24) is 9.78 Å². The maximum absolute atomic E-state index is 9.77. The second kappa shape index (κ2) is 6.01. The van der Waals surface area contributed by atoms with E-state index in [0.717, 1.165) is 16.6 Å². The highest BCUT2D eigenvalue weighted by Gasteiger charge is 2.17. The van der Waals surface area contributed by atoms with Gasteiger partial charge in [0.25, 0.3) is 0 Å². The van der Waals surface area contributed by atoms with Gasteiger partial charge in [0.05, 0.1) is 18.2 Å². The Morgan fingerprint density at radius 1 is 1.41 bits per heavy atom. The zero-order chi connectivity index (χ0) is 16.5. The highest BCUT2D eigenvalue weighted by atomic mass is 16.5. The Bertz CT molecular complexity index is 681. The fourth-order valence-electron chi connectivity index (χ4n) is 2.16. The third kappa shape index (κ3) is 3.42. The van der Waals surface area contributed by atoms with Gasteiger partial charge in [0.1, 0.15) is 23.8 Å². The minimum Gasteiger partial charge on any atom is -0.495 e. The lowest BCUT2D eigenvalue weighted by atomic mass is 10.1. The summed E-state index contributed by atoms with van der Waals surface area (Å²) in [6, 6.07) is 5.94. The molecule has 2 aromatic rings. The van der Waals surface area contributed by atoms with Gasteiger partial charge < -0.3 is 14.6 Å². The van der Waals surface area contributed by atoms with Gasteiger partial charge in [0.15, 0.2) is 0 Å². The van der Waals surface area contributed by atoms with E-state index in [0.29, 0.717) is 11.5 Å². The normalized spacial score (nSPS) is 12.0. The van der Waals surface area contributed by atoms with Gasteiger partial charge in [-0.15, -0.1) is 0 Å². The molecule has 0 saturated carbocycles. The first-order valence-corrected chi connectivity index (χ1v) is 7.33. The summed E-state index contributed by atoms with van der Waals surface area (Å²) in [4.78, 5) is 0. The van der Waals surface area contributed by atoms with E-state index in [1.807, 2.05) is 22.9 Å². The molecule has 0 fully saturated rings. The molecule has 5 heteroatoms. The van der Waals surface area contributed by atoms with Crippen LogP contribution < -0.4 is 4.74 Å². The number of benzene rings is 1. The van der Waals surface area contributed by atoms with Crippen molar-refractivity contribution in [1.29, 1.82) is 0 Å². The van der Waals surface area contributed by atoms with Crippen LogP contribution in [-0.4, -0.2) is 34.2 Å². The summed E-state index contributed by atoms with van der Waals surface area (Å²) in [5.41, 5.74) is 0.819. The monoisotopic (exact) mass is 304 g/mol. The fraction of sp³-hybridized carbons (Fsp3) is 0.471. The van der Waals surface area contributed by atoms with Crippen LogP contribution in [0.1, 0.15) is 39.4 Å². The number of ether oxygens (including phenoxy) is 2. The zero-order valence-electron chi connectivity index (χ0n) is 13.9. The number of rotatable bonds is 6. The average Bonchev–Trinajstić information content (AvgIpc) is 2.82. The summed E-state index contributed by atoms with van der Waals surface area (Å²) in [7, 11) is 1.59. The molecule has 22 heavy (non-hydrogen) atoms. The van der Waals surface area contributed by atoms with Crippen LogP contribution in [-0.2, 0) is 4.74 Å². The van der Waals surface area contributed by atoms with Crippen molar-refractivity contribution in [3.05, 3.63) is 30.5 Å². The van der Waals surface area contributed by atoms with E-state index >= 15 is 0 Å². The van der Waals surface area contributed by atoms with Crippen LogP contribution in [0.5, 0.6) is 5.75 Å². The molecule has 0 unspecified atom stereocenters. The van der Waals surface area contributed by atoms with Crippen LogP contribution >= 0.6 is 0 Å². The van der Waals surface area contributed by atoms with Gasteiger partial charge >= 0.3 is 0 Å². The third-order valence-electron chi connectivity index (χ3n) is 3.27. The minimum absolute atomic E-state index is 0.199. The smallest absolute Gasteiger partial charge is 0.139 e. The molecule has 0 aliphatic heterocycles. The Kier molecular flexibility index (Phi) is 4.47. The van der Waals surface area contributed by atoms with E-state index < -0.39 is 5.60 Å². The van der Waals surface area contributed by atoms with Crippen LogP contribution in [0.25, 0.3) is 16.7 Å². The topological polar surface area (TPSA) is 56.5 Å². The van der Waals surface area contributed by atoms with Crippen molar-refractivity contribution in [2.75, 3.05) is 13.7 Å². The predicted octanol–water partition coefficient (Wildman–Crippen LogP) is 3.38. The lowest BCUT2D eigenvalue weighted by Gasteiger charge is -2.18. The van der Waals surface area contributed by atoms with E-state index in [9.17, 15) is 5.11 Å². The van der Waals surface area contributed by atoms with Gasteiger partial charge in [-0.3, -0.25) is 4.68 Å². The predicted molar refractivity (Wildman–Crippen MR) is 88.0 cm³/mol. The largest absolute Gasteiger partial charge is 0.495 e. The summed E-state index contributed by atoms with van der Waals surface area (Å²) in [6.07, 6.45) is 0. The summed E-state index contributed by atoms with van der Waals surface area (Å²) in [6.45, 7) is 11.7. The molecule has 0 saturated heterocycles. The molecular formula is C17H24N2O3. The number of aliphatic hydroxyl groups is 1. The lowest BCUT2D eigenvalue weighted by molar-refractivity contribution is 0.0285. The number of hydrogen-bond donors (Lipinski definition) is 1. The first kappa shape index (κ1) is 16.4. The van der Waals surface area contributed by atoms with Gasteiger partial charge in [-0.1, -0.05) is 6.58 Å². The molecule has 0 aliphatic rings. The molecular weight excluding hydrogens is 280 g/mol. The molecule has 0 amide bonds. The van der Waals surface area contributed by atoms with Crippen molar-refractivity contribution >= 4 is 16.7 Å². The highest BCUT2D eigenvalue weighted by Crippen LogP contribution is 2.29. The van der Waals surface area contributed by atoms with Crippen molar-refractivity contribution in [3.8, 4) is 5.75 Å². The first-order valence-electron chi connectivity index (χ1n) is 7.33. The third-order valence-corrected chi connectivity index (χ3v) is 3.27. The maximum Gasteiger partial charge on any atom is 0.139 e. The molecule has 5 nitrogen and oxygen atoms in total. The SMILES string of the molecule is C=C(OC)c1nn(C(C)C)c2cc(OCC(C)(C)O)ccc12. The molecule has 2 rings (SSSR count). The van der Waals surface area contributed by atoms with Crippen LogP contribution in [0.4, 0.5) is 0 Å². The Morgan fingerprint density at radius 3 is 2.64 bits per heavy atom. The highest BCUT2D eigenvalue weighted by molar-refractivity contribution is 5.90. The summed E-state index contributed by atoms with van der Waals surface area (Å²) < 4.78 is 12.8. The Morgan fingerprint density at radius 2 is 2.09 bits per heavy atom. The molecule has 0 radical (unpaired) electrons. The molecule has 1 heterocycles. The molecule has 0 aliphatic carbocycles. The second-order valence-corrected chi connectivity index (χ2v) is 6.29. The van der Waals surface area contributed by atoms with Gasteiger partial charge in [-0.05, 0) is 39.8 Å². The molecule has 0 spiro atoms. The molecule has 1 aromatic heterocycles. The molecule has 1 N–H and O–H groups in total. The lowest BCUT2D eigenvalue weighted by Crippen LogP contribution is -2.27. The second-order valence-electron chi connectivity index (χ2n) is 6.29. The number of methoxy groups -OCH3 is 1. The van der Waals surface area contributed by atoms with Gasteiger partial charge in [-0.25, -0.2) is 0 Å². The fourth-order valence-corrected chi connectivity index (χ4v) is 2.16. The van der Waals surface area contributed by atoms with Gasteiger partial charge in [0.2, 0.25) is 0 Å². The number of aromatic nitrogens is 2. The number of fused-ring (bicyclic) bond motifs is 1. The van der Waals surface area contributed by atoms with Crippen LogP contribution in [0, 0.1) is 0 Å². The van der Waals surface area contributed by atoms with Crippen LogP contribution in [0.3, 0.4) is 0 Å². The van der Waals surface area contributed by atoms with E-state index in [-0.39, 0.29) is 12.6 Å². The molecule has 0 atom stereocenters. The number of nitrogens with zero attached hydrogens (tertiary/aromatic N) is 2. The van der Waals surface area contributed by atoms with E-state index in [4.69, 9.17) is 9.47 Å². The standard InChI is InChI=1S/C17H24N2O3/c1-11(2)19-15-9-13(22-10-17(4,5)20)7-8-14(15)16(18-19)12(3)21-6/h7-9,11,20H,3,10H2,1-2,4-6H3. The van der Waals surface area contributed by atoms with Crippen molar-refractivity contribution < 1.29 is 14.6 Å². The summed E-state index contributed by atoms with van der Waals surface area (Å²) in [5, 5.41) is 15.3. The molecule has 120 valence electrons. The average molecular weight is 304 g/mol. The van der Waals surface area contributed by atoms with Crippen LogP contribution in [0.15, 0.2) is 24.8 Å². The van der Waals surface area contributed by atoms with E-state index in [1.165, 1.54) is 0 Å².